The molecule has 0 unspecified atom stereocenters. The molecule has 0 saturated carbocycles. The quantitative estimate of drug-likeness (QED) is 0.754. The van der Waals surface area contributed by atoms with Gasteiger partial charge in [0.05, 0.1) is 0 Å². The minimum absolute atomic E-state index is 0.00632. The average Bonchev–Trinajstić information content (AvgIpc) is 2.56. The maximum absolute atomic E-state index is 12.4. The molecule has 0 fully saturated rings. The maximum atomic E-state index is 12.4. The van der Waals surface area contributed by atoms with Crippen molar-refractivity contribution in [2.24, 2.45) is 0 Å². The molecule has 2 rings (SSSR count). The summed E-state index contributed by atoms with van der Waals surface area (Å²) >= 11 is 0. The Morgan fingerprint density at radius 3 is 2.44 bits per heavy atom. The molecule has 2 aromatic rings. The van der Waals surface area contributed by atoms with Crippen molar-refractivity contribution in [2.45, 2.75) is 39.7 Å². The second-order valence-electron chi connectivity index (χ2n) is 6.29. The number of aryl methyl sites for hydroxylation is 2. The predicted molar refractivity (Wildman–Crippen MR) is 98.8 cm³/mol. The zero-order valence-electron chi connectivity index (χ0n) is 14.8. The number of amides is 2. The van der Waals surface area contributed by atoms with E-state index in [2.05, 4.69) is 10.6 Å². The van der Waals surface area contributed by atoms with E-state index < -0.39 is 0 Å². The molecule has 0 heterocycles. The van der Waals surface area contributed by atoms with E-state index in [9.17, 15) is 14.7 Å². The van der Waals surface area contributed by atoms with Crippen LogP contribution in [-0.2, 0) is 11.2 Å². The topological polar surface area (TPSA) is 78.4 Å². The smallest absolute Gasteiger partial charge is 0.251 e. The van der Waals surface area contributed by atoms with E-state index in [-0.39, 0.29) is 23.6 Å². The Morgan fingerprint density at radius 1 is 1.12 bits per heavy atom. The molecule has 0 aliphatic carbocycles. The molecule has 3 N–H and O–H groups in total. The van der Waals surface area contributed by atoms with Gasteiger partial charge in [0.2, 0.25) is 5.91 Å². The van der Waals surface area contributed by atoms with E-state index in [1.807, 2.05) is 32.0 Å². The zero-order chi connectivity index (χ0) is 18.4. The minimum Gasteiger partial charge on any atom is -0.508 e. The molecule has 0 spiro atoms. The first-order valence-electron chi connectivity index (χ1n) is 8.32. The van der Waals surface area contributed by atoms with Crippen molar-refractivity contribution >= 4 is 17.5 Å². The second-order valence-corrected chi connectivity index (χ2v) is 6.29. The van der Waals surface area contributed by atoms with Gasteiger partial charge in [-0.3, -0.25) is 9.59 Å². The summed E-state index contributed by atoms with van der Waals surface area (Å²) in [5, 5.41) is 15.0. The third-order valence-corrected chi connectivity index (χ3v) is 3.99. The first-order chi connectivity index (χ1) is 11.8. The second kappa shape index (κ2) is 8.33. The highest BCUT2D eigenvalue weighted by atomic mass is 16.3. The van der Waals surface area contributed by atoms with Gasteiger partial charge in [-0.25, -0.2) is 0 Å². The molecule has 25 heavy (non-hydrogen) atoms. The van der Waals surface area contributed by atoms with Crippen LogP contribution in [0.4, 0.5) is 5.69 Å². The number of carbonyl (C=O) groups excluding carboxylic acids is 2. The first kappa shape index (κ1) is 18.5. The van der Waals surface area contributed by atoms with E-state index in [1.54, 1.807) is 24.3 Å². The molecule has 0 aliphatic heterocycles. The molecule has 2 aromatic carbocycles. The summed E-state index contributed by atoms with van der Waals surface area (Å²) in [6.07, 6.45) is 1.60. The summed E-state index contributed by atoms with van der Waals surface area (Å²) in [5.41, 5.74) is 3.19. The summed E-state index contributed by atoms with van der Waals surface area (Å²) in [7, 11) is 0. The van der Waals surface area contributed by atoms with Crippen LogP contribution in [0.15, 0.2) is 42.5 Å². The van der Waals surface area contributed by atoms with Crippen LogP contribution in [0.25, 0.3) is 0 Å². The summed E-state index contributed by atoms with van der Waals surface area (Å²) in [4.78, 5) is 23.6. The molecular weight excluding hydrogens is 316 g/mol. The molecule has 1 atom stereocenters. The summed E-state index contributed by atoms with van der Waals surface area (Å²) in [6, 6.07) is 12.4. The monoisotopic (exact) mass is 340 g/mol. The van der Waals surface area contributed by atoms with Crippen molar-refractivity contribution in [3.63, 3.8) is 0 Å². The van der Waals surface area contributed by atoms with Crippen molar-refractivity contribution in [1.82, 2.24) is 5.32 Å². The third-order valence-electron chi connectivity index (χ3n) is 3.99. The molecule has 2 amide bonds. The average molecular weight is 340 g/mol. The summed E-state index contributed by atoms with van der Waals surface area (Å²) < 4.78 is 0. The van der Waals surface area contributed by atoms with Gasteiger partial charge >= 0.3 is 0 Å². The Morgan fingerprint density at radius 2 is 1.80 bits per heavy atom. The van der Waals surface area contributed by atoms with Gasteiger partial charge in [0.25, 0.3) is 5.91 Å². The van der Waals surface area contributed by atoms with Crippen molar-refractivity contribution in [3.05, 3.63) is 59.2 Å². The van der Waals surface area contributed by atoms with Crippen LogP contribution < -0.4 is 10.6 Å². The standard InChI is InChI=1S/C20H24N2O3/c1-13-4-9-17(12-19(13)22-15(3)23)20(25)21-14(2)5-6-16-7-10-18(24)11-8-16/h4,7-12,14,24H,5-6H2,1-3H3,(H,21,25)(H,22,23)/t14-/m0/s1. The number of rotatable bonds is 6. The fourth-order valence-corrected chi connectivity index (χ4v) is 2.51. The normalized spacial score (nSPS) is 11.6. The largest absolute Gasteiger partial charge is 0.508 e. The van der Waals surface area contributed by atoms with Gasteiger partial charge in [-0.2, -0.15) is 0 Å². The Bertz CT molecular complexity index is 754. The van der Waals surface area contributed by atoms with Crippen molar-refractivity contribution < 1.29 is 14.7 Å². The fraction of sp³-hybridized carbons (Fsp3) is 0.300. The highest BCUT2D eigenvalue weighted by Gasteiger charge is 2.12. The van der Waals surface area contributed by atoms with Crippen LogP contribution in [0.3, 0.4) is 0 Å². The number of carbonyl (C=O) groups is 2. The lowest BCUT2D eigenvalue weighted by Crippen LogP contribution is -2.33. The molecule has 132 valence electrons. The van der Waals surface area contributed by atoms with Gasteiger partial charge < -0.3 is 15.7 Å². The first-order valence-corrected chi connectivity index (χ1v) is 8.32. The van der Waals surface area contributed by atoms with Crippen LogP contribution in [0, 0.1) is 6.92 Å². The lowest BCUT2D eigenvalue weighted by atomic mass is 10.0. The van der Waals surface area contributed by atoms with Crippen LogP contribution in [0.1, 0.15) is 41.8 Å². The van der Waals surface area contributed by atoms with Crippen molar-refractivity contribution in [3.8, 4) is 5.75 Å². The number of phenols is 1. The number of phenolic OH excluding ortho intramolecular Hbond substituents is 1. The van der Waals surface area contributed by atoms with Crippen LogP contribution >= 0.6 is 0 Å². The number of nitrogens with one attached hydrogen (secondary N) is 2. The number of benzene rings is 2. The lowest BCUT2D eigenvalue weighted by molar-refractivity contribution is -0.114. The van der Waals surface area contributed by atoms with E-state index in [4.69, 9.17) is 0 Å². The Hall–Kier alpha value is -2.82. The van der Waals surface area contributed by atoms with E-state index in [1.165, 1.54) is 6.92 Å². The highest BCUT2D eigenvalue weighted by Crippen LogP contribution is 2.17. The summed E-state index contributed by atoms with van der Waals surface area (Å²) in [6.45, 7) is 5.28. The van der Waals surface area contributed by atoms with Crippen molar-refractivity contribution in [2.75, 3.05) is 5.32 Å². The molecule has 0 saturated heterocycles. The van der Waals surface area contributed by atoms with Gasteiger partial charge in [0.15, 0.2) is 0 Å². The Balaban J connectivity index is 1.94. The SMILES string of the molecule is CC(=O)Nc1cc(C(=O)N[C@@H](C)CCc2ccc(O)cc2)ccc1C. The van der Waals surface area contributed by atoms with Crippen LogP contribution in [0.5, 0.6) is 5.75 Å². The Labute approximate surface area is 148 Å². The van der Waals surface area contributed by atoms with E-state index in [0.29, 0.717) is 11.3 Å². The molecule has 0 aliphatic rings. The van der Waals surface area contributed by atoms with Gasteiger partial charge in [0.1, 0.15) is 5.75 Å². The third kappa shape index (κ3) is 5.64. The fourth-order valence-electron chi connectivity index (χ4n) is 2.51. The maximum Gasteiger partial charge on any atom is 0.251 e. The van der Waals surface area contributed by atoms with Crippen LogP contribution in [-0.4, -0.2) is 23.0 Å². The molecule has 5 nitrogen and oxygen atoms in total. The molecule has 0 bridgehead atoms. The number of hydrogen-bond donors (Lipinski definition) is 3. The zero-order valence-corrected chi connectivity index (χ0v) is 14.8. The number of hydrogen-bond acceptors (Lipinski definition) is 3. The molecule has 0 aromatic heterocycles. The van der Waals surface area contributed by atoms with E-state index >= 15 is 0 Å². The Kier molecular flexibility index (Phi) is 6.17. The van der Waals surface area contributed by atoms with Gasteiger partial charge in [0, 0.05) is 24.2 Å². The summed E-state index contributed by atoms with van der Waals surface area (Å²) in [5.74, 6) is -0.0767. The minimum atomic E-state index is -0.164. The predicted octanol–water partition coefficient (Wildman–Crippen LogP) is 3.41. The molecule has 0 radical (unpaired) electrons. The molecular formula is C20H24N2O3. The molecule has 5 heteroatoms. The highest BCUT2D eigenvalue weighted by molar-refractivity contribution is 5.97. The van der Waals surface area contributed by atoms with Gasteiger partial charge in [-0.05, 0) is 62.1 Å². The van der Waals surface area contributed by atoms with E-state index in [0.717, 1.165) is 24.0 Å². The van der Waals surface area contributed by atoms with Gasteiger partial charge in [-0.1, -0.05) is 18.2 Å². The van der Waals surface area contributed by atoms with Crippen molar-refractivity contribution in [1.29, 1.82) is 0 Å². The number of aromatic hydroxyl groups is 1. The van der Waals surface area contributed by atoms with Crippen LogP contribution in [0.2, 0.25) is 0 Å². The number of anilines is 1. The van der Waals surface area contributed by atoms with Gasteiger partial charge in [-0.15, -0.1) is 0 Å². The lowest BCUT2D eigenvalue weighted by Gasteiger charge is -2.15.